The van der Waals surface area contributed by atoms with Gasteiger partial charge in [0.2, 0.25) is 15.9 Å². The van der Waals surface area contributed by atoms with Gasteiger partial charge in [0, 0.05) is 31.2 Å². The molecule has 0 bridgehead atoms. The van der Waals surface area contributed by atoms with Crippen LogP contribution >= 0.6 is 0 Å². The first-order valence-corrected chi connectivity index (χ1v) is 10.4. The predicted octanol–water partition coefficient (Wildman–Crippen LogP) is 1.51. The van der Waals surface area contributed by atoms with E-state index in [2.05, 4.69) is 10.3 Å². The standard InChI is InChI=1S/C17H26N4O3S/c18-16-7-6-15(12-19-16)25(23,24)21-10-8-13(9-11-21)17(22)20-14-4-2-1-3-5-14/h6-7,12-14H,1-5,8-11H2,(H2,18,19)(H,20,22). The van der Waals surface area contributed by atoms with Crippen molar-refractivity contribution in [3.05, 3.63) is 18.3 Å². The van der Waals surface area contributed by atoms with Crippen LogP contribution in [-0.2, 0) is 14.8 Å². The Labute approximate surface area is 149 Å². The molecule has 8 heteroatoms. The largest absolute Gasteiger partial charge is 0.384 e. The number of anilines is 1. The van der Waals surface area contributed by atoms with Gasteiger partial charge in [0.15, 0.2) is 0 Å². The van der Waals surface area contributed by atoms with Crippen LogP contribution in [0.5, 0.6) is 0 Å². The van der Waals surface area contributed by atoms with Gasteiger partial charge in [-0.15, -0.1) is 0 Å². The third kappa shape index (κ3) is 4.30. The summed E-state index contributed by atoms with van der Waals surface area (Å²) in [6.07, 6.45) is 8.12. The monoisotopic (exact) mass is 366 g/mol. The molecular formula is C17H26N4O3S. The minimum atomic E-state index is -3.57. The van der Waals surface area contributed by atoms with Crippen molar-refractivity contribution < 1.29 is 13.2 Å². The van der Waals surface area contributed by atoms with E-state index in [1.165, 1.54) is 41.9 Å². The fraction of sp³-hybridized carbons (Fsp3) is 0.647. The van der Waals surface area contributed by atoms with Crippen molar-refractivity contribution in [3.8, 4) is 0 Å². The van der Waals surface area contributed by atoms with Gasteiger partial charge >= 0.3 is 0 Å². The fourth-order valence-corrected chi connectivity index (χ4v) is 5.03. The molecule has 0 unspecified atom stereocenters. The van der Waals surface area contributed by atoms with Gasteiger partial charge in [-0.3, -0.25) is 4.79 Å². The smallest absolute Gasteiger partial charge is 0.244 e. The topological polar surface area (TPSA) is 105 Å². The lowest BCUT2D eigenvalue weighted by Gasteiger charge is -2.32. The Morgan fingerprint density at radius 3 is 2.40 bits per heavy atom. The number of amides is 1. The van der Waals surface area contributed by atoms with E-state index in [1.54, 1.807) is 0 Å². The summed E-state index contributed by atoms with van der Waals surface area (Å²) < 4.78 is 26.7. The maximum Gasteiger partial charge on any atom is 0.244 e. The molecule has 3 N–H and O–H groups in total. The normalized spacial score (nSPS) is 21.1. The van der Waals surface area contributed by atoms with Gasteiger partial charge in [-0.2, -0.15) is 4.31 Å². The molecule has 0 radical (unpaired) electrons. The Morgan fingerprint density at radius 1 is 1.12 bits per heavy atom. The number of rotatable bonds is 4. The van der Waals surface area contributed by atoms with Crippen LogP contribution in [0.15, 0.2) is 23.2 Å². The highest BCUT2D eigenvalue weighted by atomic mass is 32.2. The molecule has 1 aromatic rings. The molecule has 2 heterocycles. The van der Waals surface area contributed by atoms with Crippen molar-refractivity contribution >= 4 is 21.7 Å². The number of hydrogen-bond donors (Lipinski definition) is 2. The van der Waals surface area contributed by atoms with Crippen LogP contribution in [0.25, 0.3) is 0 Å². The van der Waals surface area contributed by atoms with Crippen LogP contribution in [0.1, 0.15) is 44.9 Å². The van der Waals surface area contributed by atoms with Gasteiger partial charge in [-0.05, 0) is 37.8 Å². The Balaban J connectivity index is 1.55. The Kier molecular flexibility index (Phi) is 5.58. The molecule has 1 amide bonds. The van der Waals surface area contributed by atoms with E-state index >= 15 is 0 Å². The Morgan fingerprint density at radius 2 is 1.80 bits per heavy atom. The molecule has 7 nitrogen and oxygen atoms in total. The maximum atomic E-state index is 12.6. The molecule has 138 valence electrons. The molecule has 1 aliphatic heterocycles. The number of nitrogens with one attached hydrogen (secondary N) is 1. The lowest BCUT2D eigenvalue weighted by atomic mass is 9.93. The highest BCUT2D eigenvalue weighted by Gasteiger charge is 2.32. The van der Waals surface area contributed by atoms with Gasteiger partial charge < -0.3 is 11.1 Å². The van der Waals surface area contributed by atoms with Gasteiger partial charge in [-0.25, -0.2) is 13.4 Å². The molecule has 3 rings (SSSR count). The summed E-state index contributed by atoms with van der Waals surface area (Å²) in [5.41, 5.74) is 5.51. The van der Waals surface area contributed by atoms with E-state index in [-0.39, 0.29) is 22.5 Å². The summed E-state index contributed by atoms with van der Waals surface area (Å²) in [6, 6.07) is 3.25. The number of sulfonamides is 1. The number of piperidine rings is 1. The van der Waals surface area contributed by atoms with Crippen LogP contribution in [-0.4, -0.2) is 42.7 Å². The molecule has 1 saturated heterocycles. The molecule has 2 fully saturated rings. The predicted molar refractivity (Wildman–Crippen MR) is 95.1 cm³/mol. The molecule has 2 aliphatic rings. The van der Waals surface area contributed by atoms with Gasteiger partial charge in [0.1, 0.15) is 10.7 Å². The summed E-state index contributed by atoms with van der Waals surface area (Å²) in [6.45, 7) is 0.713. The van der Waals surface area contributed by atoms with Gasteiger partial charge in [-0.1, -0.05) is 19.3 Å². The molecule has 0 atom stereocenters. The third-order valence-electron chi connectivity index (χ3n) is 5.17. The Hall–Kier alpha value is -1.67. The van der Waals surface area contributed by atoms with Crippen molar-refractivity contribution in [2.75, 3.05) is 18.8 Å². The first-order chi connectivity index (χ1) is 12.0. The summed E-state index contributed by atoms with van der Waals surface area (Å²) >= 11 is 0. The van der Waals surface area contributed by atoms with Crippen LogP contribution in [0.3, 0.4) is 0 Å². The zero-order chi connectivity index (χ0) is 17.9. The zero-order valence-corrected chi connectivity index (χ0v) is 15.2. The van der Waals surface area contributed by atoms with Crippen molar-refractivity contribution in [3.63, 3.8) is 0 Å². The molecule has 25 heavy (non-hydrogen) atoms. The molecule has 1 aliphatic carbocycles. The maximum absolute atomic E-state index is 12.6. The second-order valence-electron chi connectivity index (χ2n) is 6.94. The number of hydrogen-bond acceptors (Lipinski definition) is 5. The van der Waals surface area contributed by atoms with Crippen LogP contribution in [0, 0.1) is 5.92 Å². The number of pyridine rings is 1. The van der Waals surface area contributed by atoms with E-state index < -0.39 is 10.0 Å². The average Bonchev–Trinajstić information content (AvgIpc) is 2.63. The van der Waals surface area contributed by atoms with Crippen molar-refractivity contribution in [1.82, 2.24) is 14.6 Å². The van der Waals surface area contributed by atoms with Crippen LogP contribution in [0.2, 0.25) is 0 Å². The van der Waals surface area contributed by atoms with Crippen molar-refractivity contribution in [1.29, 1.82) is 0 Å². The molecular weight excluding hydrogens is 340 g/mol. The third-order valence-corrected chi connectivity index (χ3v) is 7.06. The van der Waals surface area contributed by atoms with Gasteiger partial charge in [0.05, 0.1) is 0 Å². The van der Waals surface area contributed by atoms with Gasteiger partial charge in [0.25, 0.3) is 0 Å². The van der Waals surface area contributed by atoms with E-state index in [0.29, 0.717) is 32.0 Å². The highest BCUT2D eigenvalue weighted by molar-refractivity contribution is 7.89. The first-order valence-electron chi connectivity index (χ1n) is 8.99. The second-order valence-corrected chi connectivity index (χ2v) is 8.88. The average molecular weight is 366 g/mol. The Bertz CT molecular complexity index is 691. The van der Waals surface area contributed by atoms with E-state index in [9.17, 15) is 13.2 Å². The number of aromatic nitrogens is 1. The number of carbonyl (C=O) groups is 1. The molecule has 1 saturated carbocycles. The van der Waals surface area contributed by atoms with E-state index in [4.69, 9.17) is 5.73 Å². The lowest BCUT2D eigenvalue weighted by Crippen LogP contribution is -2.45. The van der Waals surface area contributed by atoms with Crippen molar-refractivity contribution in [2.24, 2.45) is 5.92 Å². The number of nitrogens with two attached hydrogens (primary N) is 1. The van der Waals surface area contributed by atoms with Crippen LogP contribution in [0.4, 0.5) is 5.82 Å². The summed E-state index contributed by atoms with van der Waals surface area (Å²) in [5, 5.41) is 3.15. The lowest BCUT2D eigenvalue weighted by molar-refractivity contribution is -0.127. The highest BCUT2D eigenvalue weighted by Crippen LogP contribution is 2.25. The fourth-order valence-electron chi connectivity index (χ4n) is 3.62. The molecule has 0 spiro atoms. The summed E-state index contributed by atoms with van der Waals surface area (Å²) in [4.78, 5) is 16.4. The second kappa shape index (κ2) is 7.70. The minimum absolute atomic E-state index is 0.0816. The molecule has 0 aromatic carbocycles. The number of nitrogen functional groups attached to an aromatic ring is 1. The van der Waals surface area contributed by atoms with E-state index in [0.717, 1.165) is 12.8 Å². The van der Waals surface area contributed by atoms with Crippen molar-refractivity contribution in [2.45, 2.75) is 55.9 Å². The molecule has 1 aromatic heterocycles. The SMILES string of the molecule is Nc1ccc(S(=O)(=O)N2CCC(C(=O)NC3CCCCC3)CC2)cn1. The first kappa shape index (κ1) is 18.1. The quantitative estimate of drug-likeness (QED) is 0.840. The number of nitrogens with zero attached hydrogens (tertiary/aromatic N) is 2. The number of carbonyl (C=O) groups excluding carboxylic acids is 1. The summed E-state index contributed by atoms with van der Waals surface area (Å²) in [7, 11) is -3.57. The zero-order valence-electron chi connectivity index (χ0n) is 14.4. The summed E-state index contributed by atoms with van der Waals surface area (Å²) in [5.74, 6) is 0.271. The van der Waals surface area contributed by atoms with E-state index in [1.807, 2.05) is 0 Å². The van der Waals surface area contributed by atoms with Crippen LogP contribution < -0.4 is 11.1 Å². The minimum Gasteiger partial charge on any atom is -0.384 e.